The minimum absolute atomic E-state index is 0.00714. The lowest BCUT2D eigenvalue weighted by molar-refractivity contribution is -0.120. The third-order valence-electron chi connectivity index (χ3n) is 3.43. The summed E-state index contributed by atoms with van der Waals surface area (Å²) >= 11 is 6.00. The van der Waals surface area contributed by atoms with Gasteiger partial charge in [0, 0.05) is 24.0 Å². The van der Waals surface area contributed by atoms with Gasteiger partial charge in [-0.3, -0.25) is 14.4 Å². The molecule has 1 aliphatic rings. The van der Waals surface area contributed by atoms with E-state index in [0.29, 0.717) is 29.2 Å². The van der Waals surface area contributed by atoms with Crippen molar-refractivity contribution in [1.29, 1.82) is 0 Å². The second-order valence-electron chi connectivity index (χ2n) is 5.72. The highest BCUT2D eigenvalue weighted by Crippen LogP contribution is 2.28. The Balaban J connectivity index is 2.13. The molecule has 6 nitrogen and oxygen atoms in total. The van der Waals surface area contributed by atoms with E-state index in [-0.39, 0.29) is 24.4 Å². The fourth-order valence-corrected chi connectivity index (χ4v) is 2.62. The Hall–Kier alpha value is -2.08. The summed E-state index contributed by atoms with van der Waals surface area (Å²) in [7, 11) is 0. The maximum atomic E-state index is 12.4. The van der Waals surface area contributed by atoms with Crippen LogP contribution in [-0.2, 0) is 9.59 Å². The van der Waals surface area contributed by atoms with Crippen molar-refractivity contribution in [3.05, 3.63) is 28.8 Å². The normalized spacial score (nSPS) is 14.3. The molecule has 0 aromatic heterocycles. The molecule has 1 aromatic rings. The Morgan fingerprint density at radius 2 is 2.09 bits per heavy atom. The Labute approximate surface area is 140 Å². The highest BCUT2D eigenvalue weighted by Gasteiger charge is 2.26. The van der Waals surface area contributed by atoms with Crippen LogP contribution in [0.3, 0.4) is 0 Å². The van der Waals surface area contributed by atoms with E-state index in [4.69, 9.17) is 11.6 Å². The molecule has 0 aliphatic carbocycles. The molecule has 2 N–H and O–H groups in total. The Morgan fingerprint density at radius 1 is 1.35 bits per heavy atom. The fraction of sp³-hybridized carbons (Fsp3) is 0.438. The van der Waals surface area contributed by atoms with E-state index in [0.717, 1.165) is 6.42 Å². The fourth-order valence-electron chi connectivity index (χ4n) is 2.45. The zero-order valence-corrected chi connectivity index (χ0v) is 13.9. The molecular formula is C16H20ClN3O3. The SMILES string of the molecule is CC(C)NC(=O)CNC(=O)c1ccc(Cl)cc1N1CCCC1=O. The van der Waals surface area contributed by atoms with Crippen molar-refractivity contribution in [2.24, 2.45) is 0 Å². The quantitative estimate of drug-likeness (QED) is 0.858. The van der Waals surface area contributed by atoms with Crippen LogP contribution in [0.2, 0.25) is 5.02 Å². The molecular weight excluding hydrogens is 318 g/mol. The van der Waals surface area contributed by atoms with Crippen molar-refractivity contribution in [1.82, 2.24) is 10.6 Å². The van der Waals surface area contributed by atoms with Crippen molar-refractivity contribution in [2.45, 2.75) is 32.7 Å². The zero-order chi connectivity index (χ0) is 17.0. The van der Waals surface area contributed by atoms with Crippen LogP contribution >= 0.6 is 11.6 Å². The van der Waals surface area contributed by atoms with Crippen molar-refractivity contribution in [3.63, 3.8) is 0 Å². The van der Waals surface area contributed by atoms with Gasteiger partial charge in [0.15, 0.2) is 0 Å². The van der Waals surface area contributed by atoms with Gasteiger partial charge < -0.3 is 15.5 Å². The molecule has 0 radical (unpaired) electrons. The Bertz CT molecular complexity index is 631. The molecule has 0 bridgehead atoms. The van der Waals surface area contributed by atoms with Crippen LogP contribution < -0.4 is 15.5 Å². The predicted octanol–water partition coefficient (Wildman–Crippen LogP) is 1.72. The molecule has 124 valence electrons. The summed E-state index contributed by atoms with van der Waals surface area (Å²) < 4.78 is 0. The molecule has 23 heavy (non-hydrogen) atoms. The van der Waals surface area contributed by atoms with Crippen LogP contribution in [0.1, 0.15) is 37.0 Å². The first kappa shape index (κ1) is 17.3. The predicted molar refractivity (Wildman–Crippen MR) is 88.7 cm³/mol. The van der Waals surface area contributed by atoms with Gasteiger partial charge in [0.2, 0.25) is 11.8 Å². The Morgan fingerprint density at radius 3 is 2.70 bits per heavy atom. The standard InChI is InChI=1S/C16H20ClN3O3/c1-10(2)19-14(21)9-18-16(23)12-6-5-11(17)8-13(12)20-7-3-4-15(20)22/h5-6,8,10H,3-4,7,9H2,1-2H3,(H,18,23)(H,19,21). The Kier molecular flexibility index (Phi) is 5.60. The van der Waals surface area contributed by atoms with Gasteiger partial charge in [0.05, 0.1) is 17.8 Å². The summed E-state index contributed by atoms with van der Waals surface area (Å²) in [6.45, 7) is 4.13. The van der Waals surface area contributed by atoms with Gasteiger partial charge in [-0.05, 0) is 38.5 Å². The first-order valence-electron chi connectivity index (χ1n) is 7.56. The number of halogens is 1. The van der Waals surface area contributed by atoms with Crippen molar-refractivity contribution in [3.8, 4) is 0 Å². The summed E-state index contributed by atoms with van der Waals surface area (Å²) in [6, 6.07) is 4.77. The molecule has 1 saturated heterocycles. The van der Waals surface area contributed by atoms with Crippen molar-refractivity contribution < 1.29 is 14.4 Å². The van der Waals surface area contributed by atoms with Gasteiger partial charge in [0.25, 0.3) is 5.91 Å². The molecule has 0 atom stereocenters. The van der Waals surface area contributed by atoms with E-state index in [1.54, 1.807) is 23.1 Å². The van der Waals surface area contributed by atoms with Gasteiger partial charge in [-0.1, -0.05) is 11.6 Å². The summed E-state index contributed by atoms with van der Waals surface area (Å²) in [5.74, 6) is -0.699. The highest BCUT2D eigenvalue weighted by atomic mass is 35.5. The lowest BCUT2D eigenvalue weighted by Gasteiger charge is -2.19. The number of rotatable bonds is 5. The first-order valence-corrected chi connectivity index (χ1v) is 7.93. The molecule has 2 rings (SSSR count). The average Bonchev–Trinajstić information content (AvgIpc) is 2.90. The van der Waals surface area contributed by atoms with E-state index >= 15 is 0 Å². The molecule has 1 aliphatic heterocycles. The van der Waals surface area contributed by atoms with Gasteiger partial charge in [-0.25, -0.2) is 0 Å². The van der Waals surface area contributed by atoms with Gasteiger partial charge >= 0.3 is 0 Å². The summed E-state index contributed by atoms with van der Waals surface area (Å²) in [5.41, 5.74) is 0.823. The largest absolute Gasteiger partial charge is 0.352 e. The van der Waals surface area contributed by atoms with Crippen LogP contribution in [0.4, 0.5) is 5.69 Å². The topological polar surface area (TPSA) is 78.5 Å². The maximum Gasteiger partial charge on any atom is 0.253 e. The number of hydrogen-bond donors (Lipinski definition) is 2. The number of carbonyl (C=O) groups excluding carboxylic acids is 3. The molecule has 0 unspecified atom stereocenters. The number of hydrogen-bond acceptors (Lipinski definition) is 3. The average molecular weight is 338 g/mol. The van der Waals surface area contributed by atoms with Gasteiger partial charge in [0.1, 0.15) is 0 Å². The number of carbonyl (C=O) groups is 3. The van der Waals surface area contributed by atoms with Crippen LogP contribution in [-0.4, -0.2) is 36.9 Å². The number of amides is 3. The minimum atomic E-state index is -0.407. The number of nitrogens with zero attached hydrogens (tertiary/aromatic N) is 1. The van der Waals surface area contributed by atoms with Crippen LogP contribution in [0.25, 0.3) is 0 Å². The van der Waals surface area contributed by atoms with E-state index in [1.165, 1.54) is 0 Å². The number of nitrogens with one attached hydrogen (secondary N) is 2. The van der Waals surface area contributed by atoms with E-state index in [9.17, 15) is 14.4 Å². The molecule has 0 spiro atoms. The summed E-state index contributed by atoms with van der Waals surface area (Å²) in [6.07, 6.45) is 1.22. The monoisotopic (exact) mass is 337 g/mol. The summed E-state index contributed by atoms with van der Waals surface area (Å²) in [4.78, 5) is 37.5. The van der Waals surface area contributed by atoms with Gasteiger partial charge in [-0.15, -0.1) is 0 Å². The zero-order valence-electron chi connectivity index (χ0n) is 13.2. The first-order chi connectivity index (χ1) is 10.9. The maximum absolute atomic E-state index is 12.4. The van der Waals surface area contributed by atoms with Crippen LogP contribution in [0.5, 0.6) is 0 Å². The van der Waals surface area contributed by atoms with E-state index in [1.807, 2.05) is 13.8 Å². The highest BCUT2D eigenvalue weighted by molar-refractivity contribution is 6.31. The number of benzene rings is 1. The second-order valence-corrected chi connectivity index (χ2v) is 6.15. The molecule has 1 aromatic carbocycles. The van der Waals surface area contributed by atoms with Crippen LogP contribution in [0.15, 0.2) is 18.2 Å². The third-order valence-corrected chi connectivity index (χ3v) is 3.66. The van der Waals surface area contributed by atoms with Gasteiger partial charge in [-0.2, -0.15) is 0 Å². The molecule has 3 amide bonds. The van der Waals surface area contributed by atoms with Crippen molar-refractivity contribution >= 4 is 35.0 Å². The molecule has 1 heterocycles. The second kappa shape index (κ2) is 7.46. The van der Waals surface area contributed by atoms with E-state index < -0.39 is 5.91 Å². The third kappa shape index (κ3) is 4.45. The van der Waals surface area contributed by atoms with Crippen LogP contribution in [0, 0.1) is 0 Å². The molecule has 1 fully saturated rings. The molecule has 0 saturated carbocycles. The minimum Gasteiger partial charge on any atom is -0.352 e. The van der Waals surface area contributed by atoms with E-state index in [2.05, 4.69) is 10.6 Å². The lowest BCUT2D eigenvalue weighted by atomic mass is 10.1. The molecule has 7 heteroatoms. The lowest BCUT2D eigenvalue weighted by Crippen LogP contribution is -2.40. The van der Waals surface area contributed by atoms with Crippen molar-refractivity contribution in [2.75, 3.05) is 18.0 Å². The number of anilines is 1. The smallest absolute Gasteiger partial charge is 0.253 e. The summed E-state index contributed by atoms with van der Waals surface area (Å²) in [5, 5.41) is 5.72.